The molecule has 0 saturated carbocycles. The Kier molecular flexibility index (Phi) is 10.5. The lowest BCUT2D eigenvalue weighted by Crippen LogP contribution is -2.53. The monoisotopic (exact) mass is 563 g/mol. The van der Waals surface area contributed by atoms with Crippen LogP contribution in [-0.2, 0) is 26.2 Å². The number of rotatable bonds is 12. The van der Waals surface area contributed by atoms with Gasteiger partial charge in [0.25, 0.3) is 10.0 Å². The second-order valence-electron chi connectivity index (χ2n) is 10.4. The molecule has 214 valence electrons. The summed E-state index contributed by atoms with van der Waals surface area (Å²) in [6.07, 6.45) is 1.14. The Labute approximate surface area is 239 Å². The normalized spacial score (nSPS) is 12.8. The maximum Gasteiger partial charge on any atom is 0.264 e. The minimum absolute atomic E-state index is 0.0526. The van der Waals surface area contributed by atoms with Crippen LogP contribution in [0.2, 0.25) is 0 Å². The molecule has 0 aliphatic rings. The maximum atomic E-state index is 14.1. The summed E-state index contributed by atoms with van der Waals surface area (Å²) < 4.78 is 29.0. The Bertz CT molecular complexity index is 1420. The summed E-state index contributed by atoms with van der Waals surface area (Å²) in [5.74, 6) is -0.703. The van der Waals surface area contributed by atoms with Crippen LogP contribution in [0, 0.1) is 20.8 Å². The van der Waals surface area contributed by atoms with Crippen molar-refractivity contribution in [3.05, 3.63) is 95.1 Å². The molecule has 0 fully saturated rings. The van der Waals surface area contributed by atoms with Gasteiger partial charge in [0.15, 0.2) is 0 Å². The average Bonchev–Trinajstić information content (AvgIpc) is 2.91. The second-order valence-corrected chi connectivity index (χ2v) is 12.3. The highest BCUT2D eigenvalue weighted by Gasteiger charge is 2.34. The van der Waals surface area contributed by atoms with E-state index in [9.17, 15) is 18.0 Å². The Hall–Kier alpha value is -3.65. The number of aryl methyl sites for hydroxylation is 3. The Morgan fingerprint density at radius 1 is 0.825 bits per heavy atom. The smallest absolute Gasteiger partial charge is 0.264 e. The van der Waals surface area contributed by atoms with Gasteiger partial charge in [-0.05, 0) is 75.9 Å². The van der Waals surface area contributed by atoms with Gasteiger partial charge in [-0.3, -0.25) is 13.9 Å². The predicted octanol–water partition coefficient (Wildman–Crippen LogP) is 5.53. The first-order valence-electron chi connectivity index (χ1n) is 13.8. The lowest BCUT2D eigenvalue weighted by atomic mass is 10.1. The molecule has 3 aromatic rings. The van der Waals surface area contributed by atoms with E-state index < -0.39 is 28.5 Å². The molecule has 0 radical (unpaired) electrons. The molecule has 3 aromatic carbocycles. The molecule has 0 aliphatic heterocycles. The van der Waals surface area contributed by atoms with Crippen LogP contribution in [0.5, 0.6) is 0 Å². The lowest BCUT2D eigenvalue weighted by Gasteiger charge is -2.34. The number of hydrogen-bond acceptors (Lipinski definition) is 4. The fraction of sp³-hybridized carbons (Fsp3) is 0.375. The van der Waals surface area contributed by atoms with Gasteiger partial charge in [-0.1, -0.05) is 73.5 Å². The summed E-state index contributed by atoms with van der Waals surface area (Å²) in [4.78, 5) is 29.1. The third kappa shape index (κ3) is 7.72. The van der Waals surface area contributed by atoms with Crippen LogP contribution < -0.4 is 9.62 Å². The summed E-state index contributed by atoms with van der Waals surface area (Å²) in [5.41, 5.74) is 4.09. The second kappa shape index (κ2) is 13.6. The molecule has 8 heteroatoms. The molecule has 0 saturated heterocycles. The topological polar surface area (TPSA) is 86.8 Å². The van der Waals surface area contributed by atoms with E-state index in [1.165, 1.54) is 4.90 Å². The van der Waals surface area contributed by atoms with E-state index in [4.69, 9.17) is 0 Å². The maximum absolute atomic E-state index is 14.1. The highest BCUT2D eigenvalue weighted by atomic mass is 32.2. The largest absolute Gasteiger partial charge is 0.352 e. The number of hydrogen-bond donors (Lipinski definition) is 1. The number of benzene rings is 3. The summed E-state index contributed by atoms with van der Waals surface area (Å²) in [5, 5.41) is 3.00. The number of nitrogens with one attached hydrogen (secondary N) is 1. The Balaban J connectivity index is 2.06. The van der Waals surface area contributed by atoms with E-state index in [1.54, 1.807) is 42.5 Å². The first kappa shape index (κ1) is 30.9. The SMILES string of the molecule is CC[C@@H](C)NC(=O)[C@@H](CC)N(Cc1cccc(C)c1)C(=O)CN(c1cccc(C)c1)S(=O)(=O)c1ccc(C)cc1. The quantitative estimate of drug-likeness (QED) is 0.314. The fourth-order valence-electron chi connectivity index (χ4n) is 4.52. The number of carbonyl (C=O) groups is 2. The van der Waals surface area contributed by atoms with Crippen LogP contribution in [-0.4, -0.2) is 43.8 Å². The molecule has 40 heavy (non-hydrogen) atoms. The van der Waals surface area contributed by atoms with Crippen LogP contribution in [0.4, 0.5) is 5.69 Å². The van der Waals surface area contributed by atoms with Crippen molar-refractivity contribution in [3.63, 3.8) is 0 Å². The number of anilines is 1. The molecule has 3 rings (SSSR count). The van der Waals surface area contributed by atoms with Gasteiger partial charge in [0.2, 0.25) is 11.8 Å². The third-order valence-electron chi connectivity index (χ3n) is 7.00. The summed E-state index contributed by atoms with van der Waals surface area (Å²) in [6.45, 7) is 11.2. The van der Waals surface area contributed by atoms with Gasteiger partial charge in [-0.15, -0.1) is 0 Å². The van der Waals surface area contributed by atoms with Crippen LogP contribution in [0.1, 0.15) is 55.9 Å². The van der Waals surface area contributed by atoms with Gasteiger partial charge < -0.3 is 10.2 Å². The van der Waals surface area contributed by atoms with E-state index in [0.29, 0.717) is 12.1 Å². The number of carbonyl (C=O) groups excluding carboxylic acids is 2. The minimum Gasteiger partial charge on any atom is -0.352 e. The fourth-order valence-corrected chi connectivity index (χ4v) is 5.92. The molecular weight excluding hydrogens is 522 g/mol. The average molecular weight is 564 g/mol. The minimum atomic E-state index is -4.09. The molecule has 2 atom stereocenters. The molecule has 0 bridgehead atoms. The van der Waals surface area contributed by atoms with Crippen molar-refractivity contribution in [2.75, 3.05) is 10.8 Å². The van der Waals surface area contributed by atoms with E-state index in [0.717, 1.165) is 33.0 Å². The van der Waals surface area contributed by atoms with Crippen molar-refractivity contribution in [2.24, 2.45) is 0 Å². The summed E-state index contributed by atoms with van der Waals surface area (Å²) in [6, 6.07) is 20.6. The molecule has 7 nitrogen and oxygen atoms in total. The van der Waals surface area contributed by atoms with Crippen LogP contribution in [0.3, 0.4) is 0 Å². The number of nitrogens with zero attached hydrogens (tertiary/aromatic N) is 2. The third-order valence-corrected chi connectivity index (χ3v) is 8.79. The summed E-state index contributed by atoms with van der Waals surface area (Å²) in [7, 11) is -4.09. The summed E-state index contributed by atoms with van der Waals surface area (Å²) >= 11 is 0. The van der Waals surface area contributed by atoms with E-state index in [2.05, 4.69) is 5.32 Å². The molecule has 1 N–H and O–H groups in total. The Morgan fingerprint density at radius 2 is 1.45 bits per heavy atom. The van der Waals surface area contributed by atoms with Crippen molar-refractivity contribution in [3.8, 4) is 0 Å². The molecule has 0 heterocycles. The molecule has 0 aromatic heterocycles. The zero-order valence-electron chi connectivity index (χ0n) is 24.3. The molecule has 2 amide bonds. The zero-order valence-corrected chi connectivity index (χ0v) is 25.2. The van der Waals surface area contributed by atoms with Gasteiger partial charge >= 0.3 is 0 Å². The van der Waals surface area contributed by atoms with Crippen LogP contribution in [0.15, 0.2) is 77.7 Å². The van der Waals surface area contributed by atoms with Gasteiger partial charge in [0, 0.05) is 12.6 Å². The highest BCUT2D eigenvalue weighted by Crippen LogP contribution is 2.26. The first-order chi connectivity index (χ1) is 19.0. The van der Waals surface area contributed by atoms with E-state index in [1.807, 2.05) is 71.9 Å². The van der Waals surface area contributed by atoms with Crippen molar-refractivity contribution in [2.45, 2.75) is 77.9 Å². The van der Waals surface area contributed by atoms with Gasteiger partial charge in [0.05, 0.1) is 10.6 Å². The predicted molar refractivity (Wildman–Crippen MR) is 161 cm³/mol. The molecule has 0 unspecified atom stereocenters. The van der Waals surface area contributed by atoms with Crippen molar-refractivity contribution in [1.82, 2.24) is 10.2 Å². The van der Waals surface area contributed by atoms with E-state index >= 15 is 0 Å². The van der Waals surface area contributed by atoms with Crippen molar-refractivity contribution >= 4 is 27.5 Å². The van der Waals surface area contributed by atoms with Crippen molar-refractivity contribution < 1.29 is 18.0 Å². The standard InChI is InChI=1S/C32H41N3O4S/c1-7-26(6)33-32(37)30(8-2)34(21-27-13-9-11-24(4)19-27)31(36)22-35(28-14-10-12-25(5)20-28)40(38,39)29-17-15-23(3)16-18-29/h9-20,26,30H,7-8,21-22H2,1-6H3,(H,33,37)/t26-,30-/m1/s1. The number of sulfonamides is 1. The van der Waals surface area contributed by atoms with Gasteiger partial charge in [0.1, 0.15) is 12.6 Å². The molecule has 0 aliphatic carbocycles. The first-order valence-corrected chi connectivity index (χ1v) is 15.2. The van der Waals surface area contributed by atoms with Crippen LogP contribution in [0.25, 0.3) is 0 Å². The highest BCUT2D eigenvalue weighted by molar-refractivity contribution is 7.92. The van der Waals surface area contributed by atoms with Crippen LogP contribution >= 0.6 is 0 Å². The lowest BCUT2D eigenvalue weighted by molar-refractivity contribution is -0.140. The van der Waals surface area contributed by atoms with Gasteiger partial charge in [-0.2, -0.15) is 0 Å². The number of amides is 2. The Morgan fingerprint density at radius 3 is 2.02 bits per heavy atom. The van der Waals surface area contributed by atoms with Gasteiger partial charge in [-0.25, -0.2) is 8.42 Å². The van der Waals surface area contributed by atoms with Crippen molar-refractivity contribution in [1.29, 1.82) is 0 Å². The zero-order chi connectivity index (χ0) is 29.4. The molecule has 0 spiro atoms. The van der Waals surface area contributed by atoms with E-state index in [-0.39, 0.29) is 23.4 Å². The molecular formula is C32H41N3O4S.